The van der Waals surface area contributed by atoms with Crippen LogP contribution < -0.4 is 5.48 Å². The molecule has 0 aromatic heterocycles. The molecule has 0 aliphatic carbocycles. The van der Waals surface area contributed by atoms with E-state index in [0.29, 0.717) is 5.56 Å². The number of hydroxylamine groups is 1. The van der Waals surface area contributed by atoms with Crippen LogP contribution in [0.1, 0.15) is 33.3 Å². The van der Waals surface area contributed by atoms with Gasteiger partial charge in [-0.1, -0.05) is 30.3 Å². The van der Waals surface area contributed by atoms with Crippen LogP contribution >= 0.6 is 0 Å². The standard InChI is InChI=1S/C22H27NO11/c1-12(24)29-11-17-19(30-13(2)25)20(31-14(3)26)21(32-15(4)27)22(33-17)34-23-18(28)10-16-8-6-5-7-9-16/h5-9,17,19-22H,10-11H2,1-4H3,(H,23,28)/t17-,19-,20+,21-,22+/m1/s1. The second-order valence-corrected chi connectivity index (χ2v) is 7.37. The van der Waals surface area contributed by atoms with Gasteiger partial charge >= 0.3 is 23.9 Å². The van der Waals surface area contributed by atoms with Crippen molar-refractivity contribution < 1.29 is 52.5 Å². The molecule has 186 valence electrons. The van der Waals surface area contributed by atoms with Gasteiger partial charge in [-0.25, -0.2) is 10.3 Å². The molecule has 5 atom stereocenters. The van der Waals surface area contributed by atoms with Gasteiger partial charge in [0.25, 0.3) is 0 Å². The van der Waals surface area contributed by atoms with E-state index in [-0.39, 0.29) is 6.42 Å². The van der Waals surface area contributed by atoms with Crippen molar-refractivity contribution in [3.63, 3.8) is 0 Å². The summed E-state index contributed by atoms with van der Waals surface area (Å²) in [4.78, 5) is 64.3. The number of carbonyl (C=O) groups excluding carboxylic acids is 5. The predicted octanol–water partition coefficient (Wildman–Crippen LogP) is 0.360. The van der Waals surface area contributed by atoms with Crippen LogP contribution in [0.5, 0.6) is 0 Å². The minimum Gasteiger partial charge on any atom is -0.463 e. The average Bonchev–Trinajstić information content (AvgIpc) is 2.74. The van der Waals surface area contributed by atoms with Gasteiger partial charge in [0.05, 0.1) is 6.42 Å². The topological polar surface area (TPSA) is 153 Å². The number of nitrogens with one attached hydrogen (secondary N) is 1. The number of benzene rings is 1. The van der Waals surface area contributed by atoms with E-state index in [2.05, 4.69) is 5.48 Å². The van der Waals surface area contributed by atoms with Gasteiger partial charge in [-0.15, -0.1) is 0 Å². The number of rotatable bonds is 9. The Hall–Kier alpha value is -3.51. The van der Waals surface area contributed by atoms with Gasteiger partial charge in [-0.3, -0.25) is 24.0 Å². The van der Waals surface area contributed by atoms with Crippen molar-refractivity contribution in [3.05, 3.63) is 35.9 Å². The van der Waals surface area contributed by atoms with E-state index in [0.717, 1.165) is 27.7 Å². The molecule has 12 nitrogen and oxygen atoms in total. The summed E-state index contributed by atoms with van der Waals surface area (Å²) in [5.41, 5.74) is 2.92. The molecule has 1 aliphatic heterocycles. The molecule has 0 unspecified atom stereocenters. The fraction of sp³-hybridized carbons (Fsp3) is 0.500. The fourth-order valence-corrected chi connectivity index (χ4v) is 3.22. The molecule has 34 heavy (non-hydrogen) atoms. The number of hydrogen-bond acceptors (Lipinski definition) is 11. The molecule has 1 saturated heterocycles. The zero-order valence-corrected chi connectivity index (χ0v) is 19.2. The van der Waals surface area contributed by atoms with Gasteiger partial charge in [0.1, 0.15) is 12.7 Å². The zero-order chi connectivity index (χ0) is 25.3. The van der Waals surface area contributed by atoms with E-state index in [1.54, 1.807) is 30.3 Å². The summed E-state index contributed by atoms with van der Waals surface area (Å²) in [5.74, 6) is -3.51. The van der Waals surface area contributed by atoms with E-state index >= 15 is 0 Å². The smallest absolute Gasteiger partial charge is 0.303 e. The molecule has 1 N–H and O–H groups in total. The fourth-order valence-electron chi connectivity index (χ4n) is 3.22. The highest BCUT2D eigenvalue weighted by molar-refractivity contribution is 5.77. The average molecular weight is 481 g/mol. The summed E-state index contributed by atoms with van der Waals surface area (Å²) in [6.45, 7) is 4.06. The van der Waals surface area contributed by atoms with Crippen LogP contribution in [-0.2, 0) is 58.9 Å². The Morgan fingerprint density at radius 2 is 1.35 bits per heavy atom. The van der Waals surface area contributed by atoms with Crippen LogP contribution in [0.2, 0.25) is 0 Å². The van der Waals surface area contributed by atoms with Crippen LogP contribution in [-0.4, -0.2) is 67.1 Å². The number of carbonyl (C=O) groups is 5. The van der Waals surface area contributed by atoms with Crippen molar-refractivity contribution in [1.29, 1.82) is 0 Å². The maximum absolute atomic E-state index is 12.3. The minimum atomic E-state index is -1.50. The summed E-state index contributed by atoms with van der Waals surface area (Å²) < 4.78 is 26.5. The van der Waals surface area contributed by atoms with Crippen molar-refractivity contribution in [2.24, 2.45) is 0 Å². The zero-order valence-electron chi connectivity index (χ0n) is 19.2. The van der Waals surface area contributed by atoms with Crippen molar-refractivity contribution in [3.8, 4) is 0 Å². The highest BCUT2D eigenvalue weighted by Crippen LogP contribution is 2.29. The minimum absolute atomic E-state index is 0.0217. The van der Waals surface area contributed by atoms with Gasteiger partial charge in [-0.2, -0.15) is 0 Å². The Kier molecular flexibility index (Phi) is 9.95. The third-order valence-electron chi connectivity index (χ3n) is 4.44. The van der Waals surface area contributed by atoms with Crippen LogP contribution in [0.3, 0.4) is 0 Å². The molecule has 2 rings (SSSR count). The first-order valence-electron chi connectivity index (χ1n) is 10.4. The highest BCUT2D eigenvalue weighted by atomic mass is 16.8. The van der Waals surface area contributed by atoms with Crippen molar-refractivity contribution in [2.75, 3.05) is 6.61 Å². The second kappa shape index (κ2) is 12.7. The summed E-state index contributed by atoms with van der Waals surface area (Å²) >= 11 is 0. The van der Waals surface area contributed by atoms with Crippen molar-refractivity contribution in [1.82, 2.24) is 5.48 Å². The molecule has 1 aromatic rings. The summed E-state index contributed by atoms with van der Waals surface area (Å²) in [7, 11) is 0. The van der Waals surface area contributed by atoms with E-state index < -0.39 is 67.1 Å². The van der Waals surface area contributed by atoms with Gasteiger partial charge < -0.3 is 23.7 Å². The van der Waals surface area contributed by atoms with E-state index in [4.69, 9.17) is 28.5 Å². The first-order valence-corrected chi connectivity index (χ1v) is 10.4. The van der Waals surface area contributed by atoms with Crippen molar-refractivity contribution >= 4 is 29.8 Å². The third kappa shape index (κ3) is 8.45. The molecule has 1 aliphatic rings. The van der Waals surface area contributed by atoms with E-state index in [9.17, 15) is 24.0 Å². The lowest BCUT2D eigenvalue weighted by atomic mass is 9.98. The molecule has 0 bridgehead atoms. The summed E-state index contributed by atoms with van der Waals surface area (Å²) in [5, 5.41) is 0. The normalized spacial score (nSPS) is 23.8. The van der Waals surface area contributed by atoms with Gasteiger partial charge in [0.2, 0.25) is 12.2 Å². The van der Waals surface area contributed by atoms with Gasteiger partial charge in [0, 0.05) is 27.7 Å². The molecule has 1 heterocycles. The largest absolute Gasteiger partial charge is 0.463 e. The summed E-state index contributed by atoms with van der Waals surface area (Å²) in [6.07, 6.45) is -6.84. The number of hydrogen-bond donors (Lipinski definition) is 1. The van der Waals surface area contributed by atoms with E-state index in [1.165, 1.54) is 0 Å². The Morgan fingerprint density at radius 3 is 1.91 bits per heavy atom. The summed E-state index contributed by atoms with van der Waals surface area (Å²) in [6, 6.07) is 8.82. The Labute approximate surface area is 195 Å². The second-order valence-electron chi connectivity index (χ2n) is 7.37. The Bertz CT molecular complexity index is 888. The first kappa shape index (κ1) is 26.7. The molecule has 0 spiro atoms. The predicted molar refractivity (Wildman–Crippen MR) is 111 cm³/mol. The van der Waals surface area contributed by atoms with Crippen LogP contribution in [0, 0.1) is 0 Å². The molecular weight excluding hydrogens is 454 g/mol. The lowest BCUT2D eigenvalue weighted by Gasteiger charge is -2.43. The molecule has 1 aromatic carbocycles. The monoisotopic (exact) mass is 481 g/mol. The maximum Gasteiger partial charge on any atom is 0.303 e. The maximum atomic E-state index is 12.3. The lowest BCUT2D eigenvalue weighted by Crippen LogP contribution is -2.63. The molecule has 0 radical (unpaired) electrons. The quantitative estimate of drug-likeness (QED) is 0.295. The highest BCUT2D eigenvalue weighted by Gasteiger charge is 2.53. The Balaban J connectivity index is 2.27. The molecule has 1 fully saturated rings. The van der Waals surface area contributed by atoms with Crippen LogP contribution in [0.25, 0.3) is 0 Å². The first-order chi connectivity index (χ1) is 16.1. The molecule has 1 amide bonds. The number of esters is 4. The molecule has 0 saturated carbocycles. The van der Waals surface area contributed by atoms with Gasteiger partial charge in [-0.05, 0) is 5.56 Å². The van der Waals surface area contributed by atoms with E-state index in [1.807, 2.05) is 0 Å². The third-order valence-corrected chi connectivity index (χ3v) is 4.44. The molecular formula is C22H27NO11. The van der Waals surface area contributed by atoms with Gasteiger partial charge in [0.15, 0.2) is 18.3 Å². The van der Waals surface area contributed by atoms with Crippen molar-refractivity contribution in [2.45, 2.75) is 64.8 Å². The van der Waals surface area contributed by atoms with Crippen LogP contribution in [0.4, 0.5) is 0 Å². The van der Waals surface area contributed by atoms with Crippen LogP contribution in [0.15, 0.2) is 30.3 Å². The number of ether oxygens (including phenoxy) is 5. The SMILES string of the molecule is CC(=O)OC[C@H]1O[C@@H](ONC(=O)Cc2ccccc2)[C@H](OC(C)=O)[C@@H](OC(C)=O)[C@@H]1OC(C)=O. The number of amides is 1. The lowest BCUT2D eigenvalue weighted by molar-refractivity contribution is -0.318. The Morgan fingerprint density at radius 1 is 0.794 bits per heavy atom. The molecule has 12 heteroatoms.